The summed E-state index contributed by atoms with van der Waals surface area (Å²) in [5, 5.41) is 2.89. The third-order valence-corrected chi connectivity index (χ3v) is 4.94. The smallest absolute Gasteiger partial charge is 0.253 e. The predicted molar refractivity (Wildman–Crippen MR) is 105 cm³/mol. The van der Waals surface area contributed by atoms with Crippen molar-refractivity contribution in [2.24, 2.45) is 11.1 Å². The summed E-state index contributed by atoms with van der Waals surface area (Å²) in [6.07, 6.45) is 1.38. The Morgan fingerprint density at radius 3 is 2.68 bits per heavy atom. The van der Waals surface area contributed by atoms with Crippen LogP contribution >= 0.6 is 24.8 Å². The van der Waals surface area contributed by atoms with Crippen molar-refractivity contribution in [2.75, 3.05) is 43.4 Å². The molecule has 1 atom stereocenters. The first-order valence-corrected chi connectivity index (χ1v) is 8.06. The summed E-state index contributed by atoms with van der Waals surface area (Å²) < 4.78 is 0. The van der Waals surface area contributed by atoms with E-state index in [1.807, 2.05) is 29.0 Å². The Morgan fingerprint density at radius 2 is 2.04 bits per heavy atom. The Balaban J connectivity index is 0.00000156. The van der Waals surface area contributed by atoms with Gasteiger partial charge >= 0.3 is 0 Å². The number of hydrogen-bond acceptors (Lipinski definition) is 4. The van der Waals surface area contributed by atoms with Crippen LogP contribution < -0.4 is 16.0 Å². The van der Waals surface area contributed by atoms with Gasteiger partial charge in [0.25, 0.3) is 5.91 Å². The van der Waals surface area contributed by atoms with Crippen LogP contribution in [0.2, 0.25) is 0 Å². The molecule has 3 rings (SSSR count). The predicted octanol–water partition coefficient (Wildman–Crippen LogP) is 2.12. The zero-order valence-corrected chi connectivity index (χ0v) is 16.2. The van der Waals surface area contributed by atoms with Gasteiger partial charge in [-0.1, -0.05) is 6.92 Å². The average Bonchev–Trinajstić information content (AvgIpc) is 2.88. The third-order valence-electron chi connectivity index (χ3n) is 4.94. The lowest BCUT2D eigenvalue weighted by Crippen LogP contribution is -2.34. The fraction of sp³-hybridized carbons (Fsp3) is 0.529. The number of nitrogens with zero attached hydrogens (tertiary/aromatic N) is 2. The fourth-order valence-corrected chi connectivity index (χ4v) is 3.25. The maximum atomic E-state index is 12.7. The number of carbonyl (C=O) groups excluding carboxylic acids is 2. The molecule has 140 valence electrons. The highest BCUT2D eigenvalue weighted by Crippen LogP contribution is 2.32. The minimum Gasteiger partial charge on any atom is -0.372 e. The number of nitrogens with two attached hydrogens (primary N) is 1. The monoisotopic (exact) mass is 388 g/mol. The molecule has 8 heteroatoms. The highest BCUT2D eigenvalue weighted by atomic mass is 35.5. The zero-order chi connectivity index (χ0) is 16.6. The molecule has 3 N–H and O–H groups in total. The third kappa shape index (κ3) is 4.37. The molecule has 0 spiro atoms. The van der Waals surface area contributed by atoms with Crippen molar-refractivity contribution in [3.05, 3.63) is 23.8 Å². The molecule has 2 aliphatic heterocycles. The fourth-order valence-electron chi connectivity index (χ4n) is 3.25. The number of benzene rings is 1. The normalized spacial score (nSPS) is 22.3. The topological polar surface area (TPSA) is 78.7 Å². The summed E-state index contributed by atoms with van der Waals surface area (Å²) in [6.45, 7) is 4.79. The molecule has 2 heterocycles. The van der Waals surface area contributed by atoms with Crippen LogP contribution in [0.15, 0.2) is 18.2 Å². The van der Waals surface area contributed by atoms with Crippen LogP contribution in [-0.2, 0) is 4.79 Å². The maximum Gasteiger partial charge on any atom is 0.253 e. The highest BCUT2D eigenvalue weighted by molar-refractivity contribution is 6.01. The number of rotatable bonds is 2. The summed E-state index contributed by atoms with van der Waals surface area (Å²) in [5.74, 6) is -0.0109. The van der Waals surface area contributed by atoms with Gasteiger partial charge in [0.15, 0.2) is 0 Å². The molecule has 1 unspecified atom stereocenters. The quantitative estimate of drug-likeness (QED) is 0.812. The van der Waals surface area contributed by atoms with Crippen molar-refractivity contribution in [2.45, 2.75) is 19.8 Å². The Hall–Kier alpha value is -1.50. The zero-order valence-electron chi connectivity index (χ0n) is 14.6. The van der Waals surface area contributed by atoms with Crippen LogP contribution in [0.3, 0.4) is 0 Å². The van der Waals surface area contributed by atoms with Crippen LogP contribution in [0, 0.1) is 5.41 Å². The first-order valence-electron chi connectivity index (χ1n) is 8.06. The van der Waals surface area contributed by atoms with Crippen molar-refractivity contribution in [3.8, 4) is 0 Å². The molecule has 6 nitrogen and oxygen atoms in total. The summed E-state index contributed by atoms with van der Waals surface area (Å²) in [7, 11) is 1.95. The molecule has 1 aromatic carbocycles. The van der Waals surface area contributed by atoms with Gasteiger partial charge in [0.1, 0.15) is 0 Å². The lowest BCUT2D eigenvalue weighted by atomic mass is 9.90. The summed E-state index contributed by atoms with van der Waals surface area (Å²) in [4.78, 5) is 28.4. The van der Waals surface area contributed by atoms with Crippen LogP contribution in [0.5, 0.6) is 0 Å². The Kier molecular flexibility index (Phi) is 7.11. The van der Waals surface area contributed by atoms with E-state index in [2.05, 4.69) is 12.2 Å². The molecule has 0 saturated carbocycles. The average molecular weight is 389 g/mol. The first-order chi connectivity index (χ1) is 10.9. The van der Waals surface area contributed by atoms with Crippen LogP contribution in [0.4, 0.5) is 11.4 Å². The van der Waals surface area contributed by atoms with Crippen molar-refractivity contribution in [1.29, 1.82) is 0 Å². The largest absolute Gasteiger partial charge is 0.372 e. The van der Waals surface area contributed by atoms with Gasteiger partial charge in [-0.25, -0.2) is 0 Å². The van der Waals surface area contributed by atoms with E-state index in [1.54, 1.807) is 6.07 Å². The number of likely N-dealkylation sites (tertiary alicyclic amines) is 1. The molecular weight excluding hydrogens is 363 g/mol. The van der Waals surface area contributed by atoms with Gasteiger partial charge in [-0.2, -0.15) is 0 Å². The van der Waals surface area contributed by atoms with Crippen molar-refractivity contribution < 1.29 is 9.59 Å². The number of halogens is 2. The summed E-state index contributed by atoms with van der Waals surface area (Å²) in [6, 6.07) is 5.54. The molecule has 1 fully saturated rings. The van der Waals surface area contributed by atoms with Crippen molar-refractivity contribution >= 4 is 48.0 Å². The molecule has 1 saturated heterocycles. The Labute approximate surface area is 160 Å². The van der Waals surface area contributed by atoms with Gasteiger partial charge in [-0.3, -0.25) is 9.59 Å². The van der Waals surface area contributed by atoms with Crippen molar-refractivity contribution in [1.82, 2.24) is 4.90 Å². The van der Waals surface area contributed by atoms with E-state index in [0.717, 1.165) is 18.7 Å². The van der Waals surface area contributed by atoms with E-state index < -0.39 is 0 Å². The van der Waals surface area contributed by atoms with Gasteiger partial charge in [-0.15, -0.1) is 24.8 Å². The van der Waals surface area contributed by atoms with Gasteiger partial charge in [0.2, 0.25) is 5.91 Å². The van der Waals surface area contributed by atoms with E-state index in [4.69, 9.17) is 5.73 Å². The van der Waals surface area contributed by atoms with E-state index in [9.17, 15) is 9.59 Å². The highest BCUT2D eigenvalue weighted by Gasteiger charge is 2.35. The summed E-state index contributed by atoms with van der Waals surface area (Å²) in [5.41, 5.74) is 8.09. The second-order valence-electron chi connectivity index (χ2n) is 6.94. The van der Waals surface area contributed by atoms with E-state index in [0.29, 0.717) is 37.3 Å². The lowest BCUT2D eigenvalue weighted by Gasteiger charge is -2.23. The first kappa shape index (κ1) is 21.5. The number of carbonyl (C=O) groups is 2. The lowest BCUT2D eigenvalue weighted by molar-refractivity contribution is -0.115. The second-order valence-corrected chi connectivity index (χ2v) is 6.94. The number of nitrogens with one attached hydrogen (secondary N) is 1. The maximum absolute atomic E-state index is 12.7. The van der Waals surface area contributed by atoms with E-state index >= 15 is 0 Å². The molecule has 0 aromatic heterocycles. The molecular formula is C17H26Cl2N4O2. The standard InChI is InChI=1S/C17H24N4O2.2ClH/c1-17(10-18)6-8-21(11-17)16(23)12-3-4-14-13(9-12)19-15(22)5-7-20(14)2;;/h3-4,9H,5-8,10-11,18H2,1-2H3,(H,19,22);2*1H. The molecule has 1 aromatic rings. The van der Waals surface area contributed by atoms with Crippen LogP contribution in [0.25, 0.3) is 0 Å². The SMILES string of the molecule is CN1CCC(=O)Nc2cc(C(=O)N3CCC(C)(CN)C3)ccc21.Cl.Cl. The Bertz CT molecular complexity index is 656. The number of hydrogen-bond donors (Lipinski definition) is 2. The van der Waals surface area contributed by atoms with E-state index in [1.165, 1.54) is 0 Å². The van der Waals surface area contributed by atoms with E-state index in [-0.39, 0.29) is 42.0 Å². The minimum absolute atomic E-state index is 0. The molecule has 0 bridgehead atoms. The number of amides is 2. The molecule has 25 heavy (non-hydrogen) atoms. The van der Waals surface area contributed by atoms with Gasteiger partial charge in [-0.05, 0) is 36.6 Å². The van der Waals surface area contributed by atoms with Crippen LogP contribution in [-0.4, -0.2) is 49.9 Å². The number of fused-ring (bicyclic) bond motifs is 1. The van der Waals surface area contributed by atoms with Gasteiger partial charge in [0, 0.05) is 38.7 Å². The minimum atomic E-state index is -0.0166. The molecule has 2 amide bonds. The second kappa shape index (κ2) is 8.25. The van der Waals surface area contributed by atoms with Gasteiger partial charge < -0.3 is 20.9 Å². The Morgan fingerprint density at radius 1 is 1.32 bits per heavy atom. The molecule has 0 radical (unpaired) electrons. The molecule has 2 aliphatic rings. The number of anilines is 2. The van der Waals surface area contributed by atoms with Crippen molar-refractivity contribution in [3.63, 3.8) is 0 Å². The summed E-state index contributed by atoms with van der Waals surface area (Å²) >= 11 is 0. The van der Waals surface area contributed by atoms with Crippen LogP contribution in [0.1, 0.15) is 30.1 Å². The van der Waals surface area contributed by atoms with Gasteiger partial charge in [0.05, 0.1) is 11.4 Å². The molecule has 0 aliphatic carbocycles.